The first kappa shape index (κ1) is 10.8. The van der Waals surface area contributed by atoms with Crippen LogP contribution in [0.4, 0.5) is 4.39 Å². The molecule has 0 saturated heterocycles. The minimum Gasteiger partial charge on any atom is -0.384 e. The molecule has 0 bridgehead atoms. The summed E-state index contributed by atoms with van der Waals surface area (Å²) in [6, 6.07) is 14.0. The third-order valence-electron chi connectivity index (χ3n) is 2.61. The molecule has 1 unspecified atom stereocenters. The molecule has 0 aromatic heterocycles. The number of hydrogen-bond donors (Lipinski definition) is 1. The summed E-state index contributed by atoms with van der Waals surface area (Å²) >= 11 is 0. The fourth-order valence-electron chi connectivity index (χ4n) is 1.67. The molecule has 82 valence electrons. The van der Waals surface area contributed by atoms with Crippen LogP contribution < -0.4 is 0 Å². The molecule has 0 aliphatic carbocycles. The van der Waals surface area contributed by atoms with Crippen molar-refractivity contribution in [2.45, 2.75) is 13.0 Å². The molecular weight excluding hydrogens is 203 g/mol. The molecule has 1 nitrogen and oxygen atoms in total. The van der Waals surface area contributed by atoms with Crippen LogP contribution >= 0.6 is 0 Å². The predicted octanol–water partition coefficient (Wildman–Crippen LogP) is 3.22. The summed E-state index contributed by atoms with van der Waals surface area (Å²) in [6.45, 7) is 1.69. The Labute approximate surface area is 94.2 Å². The van der Waals surface area contributed by atoms with Gasteiger partial charge in [-0.05, 0) is 29.7 Å². The molecular formula is C14H13FO. The van der Waals surface area contributed by atoms with Gasteiger partial charge in [0, 0.05) is 0 Å². The maximum absolute atomic E-state index is 13.1. The highest BCUT2D eigenvalue weighted by Gasteiger charge is 2.10. The predicted molar refractivity (Wildman–Crippen MR) is 61.6 cm³/mol. The lowest BCUT2D eigenvalue weighted by Crippen LogP contribution is -2.00. The summed E-state index contributed by atoms with van der Waals surface area (Å²) in [5, 5.41) is 10.1. The number of aliphatic hydroxyl groups is 1. The van der Waals surface area contributed by atoms with Gasteiger partial charge in [0.1, 0.15) is 11.9 Å². The number of aliphatic hydroxyl groups excluding tert-OH is 1. The van der Waals surface area contributed by atoms with Crippen LogP contribution in [-0.4, -0.2) is 5.11 Å². The van der Waals surface area contributed by atoms with Gasteiger partial charge in [-0.25, -0.2) is 4.39 Å². The minimum atomic E-state index is -0.694. The van der Waals surface area contributed by atoms with Gasteiger partial charge in [-0.15, -0.1) is 0 Å². The van der Waals surface area contributed by atoms with Crippen molar-refractivity contribution in [3.8, 4) is 0 Å². The number of halogens is 1. The van der Waals surface area contributed by atoms with Gasteiger partial charge in [-0.2, -0.15) is 0 Å². The highest BCUT2D eigenvalue weighted by atomic mass is 19.1. The van der Waals surface area contributed by atoms with Crippen molar-refractivity contribution in [3.05, 3.63) is 71.0 Å². The summed E-state index contributed by atoms with van der Waals surface area (Å²) in [6.07, 6.45) is -0.694. The Kier molecular flexibility index (Phi) is 3.02. The third-order valence-corrected chi connectivity index (χ3v) is 2.61. The van der Waals surface area contributed by atoms with Crippen LogP contribution in [0.15, 0.2) is 48.5 Å². The first-order chi connectivity index (χ1) is 7.68. The Bertz CT molecular complexity index is 479. The van der Waals surface area contributed by atoms with Crippen LogP contribution in [0.3, 0.4) is 0 Å². The lowest BCUT2D eigenvalue weighted by Gasteiger charge is -2.12. The minimum absolute atomic E-state index is 0.246. The van der Waals surface area contributed by atoms with Crippen molar-refractivity contribution in [1.29, 1.82) is 0 Å². The summed E-state index contributed by atoms with van der Waals surface area (Å²) in [7, 11) is 0. The first-order valence-corrected chi connectivity index (χ1v) is 5.17. The van der Waals surface area contributed by atoms with Gasteiger partial charge < -0.3 is 5.11 Å². The second-order valence-corrected chi connectivity index (χ2v) is 3.82. The molecule has 0 saturated carbocycles. The molecule has 0 heterocycles. The van der Waals surface area contributed by atoms with Gasteiger partial charge in [0.2, 0.25) is 0 Å². The molecule has 0 radical (unpaired) electrons. The Balaban J connectivity index is 2.34. The Morgan fingerprint density at radius 3 is 2.31 bits per heavy atom. The Morgan fingerprint density at radius 1 is 1.00 bits per heavy atom. The van der Waals surface area contributed by atoms with Crippen molar-refractivity contribution in [2.24, 2.45) is 0 Å². The number of benzene rings is 2. The summed E-state index contributed by atoms with van der Waals surface area (Å²) in [5.41, 5.74) is 2.08. The lowest BCUT2D eigenvalue weighted by atomic mass is 10.00. The third kappa shape index (κ3) is 2.12. The van der Waals surface area contributed by atoms with E-state index in [1.165, 1.54) is 6.07 Å². The van der Waals surface area contributed by atoms with Crippen LogP contribution in [0, 0.1) is 12.7 Å². The second-order valence-electron chi connectivity index (χ2n) is 3.82. The van der Waals surface area contributed by atoms with Crippen molar-refractivity contribution in [1.82, 2.24) is 0 Å². The van der Waals surface area contributed by atoms with E-state index in [4.69, 9.17) is 0 Å². The zero-order valence-corrected chi connectivity index (χ0v) is 9.02. The molecule has 0 amide bonds. The van der Waals surface area contributed by atoms with Gasteiger partial charge in [-0.1, -0.05) is 42.5 Å². The van der Waals surface area contributed by atoms with E-state index in [1.54, 1.807) is 19.1 Å². The molecule has 1 atom stereocenters. The lowest BCUT2D eigenvalue weighted by molar-refractivity contribution is 0.220. The highest BCUT2D eigenvalue weighted by molar-refractivity contribution is 5.32. The second kappa shape index (κ2) is 4.45. The van der Waals surface area contributed by atoms with Crippen LogP contribution in [-0.2, 0) is 0 Å². The van der Waals surface area contributed by atoms with E-state index >= 15 is 0 Å². The van der Waals surface area contributed by atoms with Crippen molar-refractivity contribution in [3.63, 3.8) is 0 Å². The fraction of sp³-hybridized carbons (Fsp3) is 0.143. The molecule has 0 aliphatic rings. The van der Waals surface area contributed by atoms with Crippen molar-refractivity contribution >= 4 is 0 Å². The van der Waals surface area contributed by atoms with Gasteiger partial charge in [-0.3, -0.25) is 0 Å². The smallest absolute Gasteiger partial charge is 0.126 e. The molecule has 2 rings (SSSR count). The van der Waals surface area contributed by atoms with Crippen molar-refractivity contribution < 1.29 is 9.50 Å². The molecule has 16 heavy (non-hydrogen) atoms. The Hall–Kier alpha value is -1.67. The average molecular weight is 216 g/mol. The number of rotatable bonds is 2. The van der Waals surface area contributed by atoms with Crippen LogP contribution in [0.5, 0.6) is 0 Å². The van der Waals surface area contributed by atoms with Crippen LogP contribution in [0.1, 0.15) is 22.8 Å². The Morgan fingerprint density at radius 2 is 1.69 bits per heavy atom. The normalized spacial score (nSPS) is 12.4. The van der Waals surface area contributed by atoms with Crippen LogP contribution in [0.25, 0.3) is 0 Å². The molecule has 2 heteroatoms. The first-order valence-electron chi connectivity index (χ1n) is 5.17. The summed E-state index contributed by atoms with van der Waals surface area (Å²) in [4.78, 5) is 0. The van der Waals surface area contributed by atoms with E-state index < -0.39 is 6.10 Å². The standard InChI is InChI=1S/C14H13FO/c1-10-9-12(7-8-13(10)15)14(16)11-5-3-2-4-6-11/h2-9,14,16H,1H3. The maximum atomic E-state index is 13.1. The highest BCUT2D eigenvalue weighted by Crippen LogP contribution is 2.23. The van der Waals surface area contributed by atoms with E-state index in [0.29, 0.717) is 11.1 Å². The number of hydrogen-bond acceptors (Lipinski definition) is 1. The van der Waals surface area contributed by atoms with E-state index in [-0.39, 0.29) is 5.82 Å². The summed E-state index contributed by atoms with van der Waals surface area (Å²) < 4.78 is 13.1. The zero-order chi connectivity index (χ0) is 11.5. The van der Waals surface area contributed by atoms with E-state index in [0.717, 1.165) is 5.56 Å². The van der Waals surface area contributed by atoms with Gasteiger partial charge in [0.25, 0.3) is 0 Å². The van der Waals surface area contributed by atoms with E-state index in [2.05, 4.69) is 0 Å². The average Bonchev–Trinajstić information content (AvgIpc) is 2.33. The molecule has 0 aliphatic heterocycles. The van der Waals surface area contributed by atoms with E-state index in [9.17, 15) is 9.50 Å². The molecule has 2 aromatic rings. The fourth-order valence-corrected chi connectivity index (χ4v) is 1.67. The maximum Gasteiger partial charge on any atom is 0.126 e. The molecule has 1 N–H and O–H groups in total. The number of aryl methyl sites for hydroxylation is 1. The van der Waals surface area contributed by atoms with Gasteiger partial charge in [0.05, 0.1) is 0 Å². The molecule has 0 fully saturated rings. The largest absolute Gasteiger partial charge is 0.384 e. The summed E-state index contributed by atoms with van der Waals surface area (Å²) in [5.74, 6) is -0.246. The van der Waals surface area contributed by atoms with E-state index in [1.807, 2.05) is 30.3 Å². The monoisotopic (exact) mass is 216 g/mol. The van der Waals surface area contributed by atoms with Gasteiger partial charge >= 0.3 is 0 Å². The SMILES string of the molecule is Cc1cc(C(O)c2ccccc2)ccc1F. The van der Waals surface area contributed by atoms with Crippen LogP contribution in [0.2, 0.25) is 0 Å². The zero-order valence-electron chi connectivity index (χ0n) is 9.02. The molecule has 0 spiro atoms. The quantitative estimate of drug-likeness (QED) is 0.817. The molecule has 2 aromatic carbocycles. The van der Waals surface area contributed by atoms with Crippen molar-refractivity contribution in [2.75, 3.05) is 0 Å². The topological polar surface area (TPSA) is 20.2 Å². The van der Waals surface area contributed by atoms with Gasteiger partial charge in [0.15, 0.2) is 0 Å².